The Morgan fingerprint density at radius 3 is 2.50 bits per heavy atom. The predicted molar refractivity (Wildman–Crippen MR) is 86.7 cm³/mol. The summed E-state index contributed by atoms with van der Waals surface area (Å²) in [6.07, 6.45) is 0.684. The van der Waals surface area contributed by atoms with Gasteiger partial charge in [0.1, 0.15) is 11.8 Å². The van der Waals surface area contributed by atoms with E-state index in [0.717, 1.165) is 0 Å². The van der Waals surface area contributed by atoms with Crippen molar-refractivity contribution in [3.8, 4) is 5.75 Å². The lowest BCUT2D eigenvalue weighted by Crippen LogP contribution is -2.47. The topological polar surface area (TPSA) is 90.9 Å². The van der Waals surface area contributed by atoms with Gasteiger partial charge in [-0.3, -0.25) is 4.79 Å². The number of rotatable bonds is 8. The lowest BCUT2D eigenvalue weighted by molar-refractivity contribution is -0.147. The number of amides is 1. The lowest BCUT2D eigenvalue weighted by atomic mass is 9.99. The van der Waals surface area contributed by atoms with Crippen LogP contribution in [0.3, 0.4) is 0 Å². The van der Waals surface area contributed by atoms with Crippen LogP contribution in [0.2, 0.25) is 0 Å². The quantitative estimate of drug-likeness (QED) is 0.724. The Hall–Kier alpha value is -2.57. The molecule has 1 N–H and O–H groups in total. The van der Waals surface area contributed by atoms with Crippen LogP contribution in [0.5, 0.6) is 5.75 Å². The van der Waals surface area contributed by atoms with Gasteiger partial charge in [0.2, 0.25) is 0 Å². The third-order valence-corrected chi connectivity index (χ3v) is 3.62. The van der Waals surface area contributed by atoms with E-state index in [9.17, 15) is 14.4 Å². The number of carbonyl (C=O) groups excluding carboxylic acids is 3. The maximum atomic E-state index is 11.9. The molecule has 0 bridgehead atoms. The molecule has 1 aromatic carbocycles. The van der Waals surface area contributed by atoms with Gasteiger partial charge in [0.25, 0.3) is 5.91 Å². The fourth-order valence-corrected chi connectivity index (χ4v) is 1.98. The van der Waals surface area contributed by atoms with Crippen LogP contribution in [0.1, 0.15) is 30.6 Å². The summed E-state index contributed by atoms with van der Waals surface area (Å²) in [5, 5.41) is 2.53. The average Bonchev–Trinajstić information content (AvgIpc) is 2.62. The Labute approximate surface area is 141 Å². The summed E-state index contributed by atoms with van der Waals surface area (Å²) in [4.78, 5) is 35.6. The van der Waals surface area contributed by atoms with Crippen molar-refractivity contribution >= 4 is 17.8 Å². The van der Waals surface area contributed by atoms with Gasteiger partial charge in [-0.25, -0.2) is 9.59 Å². The zero-order valence-corrected chi connectivity index (χ0v) is 14.3. The summed E-state index contributed by atoms with van der Waals surface area (Å²) < 4.78 is 14.7. The fraction of sp³-hybridized carbons (Fsp3) is 0.471. The summed E-state index contributed by atoms with van der Waals surface area (Å²) in [5.41, 5.74) is 0.272. The van der Waals surface area contributed by atoms with Crippen molar-refractivity contribution in [3.05, 3.63) is 29.8 Å². The smallest absolute Gasteiger partial charge is 0.338 e. The third-order valence-electron chi connectivity index (χ3n) is 3.62. The molecule has 0 radical (unpaired) electrons. The minimum absolute atomic E-state index is 0.101. The van der Waals surface area contributed by atoms with Crippen LogP contribution < -0.4 is 10.1 Å². The summed E-state index contributed by atoms with van der Waals surface area (Å²) in [6, 6.07) is 5.63. The number of hydrogen-bond donors (Lipinski definition) is 1. The summed E-state index contributed by atoms with van der Waals surface area (Å²) in [6.45, 7) is 3.24. The molecule has 0 unspecified atom stereocenters. The lowest BCUT2D eigenvalue weighted by Gasteiger charge is -2.21. The molecule has 0 saturated carbocycles. The Balaban J connectivity index is 2.60. The molecular weight excluding hydrogens is 314 g/mol. The average molecular weight is 337 g/mol. The van der Waals surface area contributed by atoms with Crippen LogP contribution in [-0.4, -0.2) is 44.7 Å². The van der Waals surface area contributed by atoms with E-state index >= 15 is 0 Å². The number of esters is 2. The van der Waals surface area contributed by atoms with Crippen molar-refractivity contribution in [1.82, 2.24) is 5.32 Å². The predicted octanol–water partition coefficient (Wildman–Crippen LogP) is 1.56. The SMILES string of the molecule is CC[C@H](C)[C@H](NC(=O)COC(=O)c1cccc(OC)c1)C(=O)OC. The molecule has 0 spiro atoms. The van der Waals surface area contributed by atoms with Gasteiger partial charge >= 0.3 is 11.9 Å². The zero-order chi connectivity index (χ0) is 18.1. The van der Waals surface area contributed by atoms with E-state index in [1.807, 2.05) is 13.8 Å². The molecule has 1 aromatic rings. The van der Waals surface area contributed by atoms with Crippen LogP contribution in [0.4, 0.5) is 0 Å². The number of methoxy groups -OCH3 is 2. The number of ether oxygens (including phenoxy) is 3. The van der Waals surface area contributed by atoms with Crippen molar-refractivity contribution in [1.29, 1.82) is 0 Å². The van der Waals surface area contributed by atoms with Gasteiger partial charge in [-0.1, -0.05) is 26.3 Å². The van der Waals surface area contributed by atoms with Gasteiger partial charge in [0.05, 0.1) is 19.8 Å². The Morgan fingerprint density at radius 2 is 1.92 bits per heavy atom. The monoisotopic (exact) mass is 337 g/mol. The van der Waals surface area contributed by atoms with Gasteiger partial charge in [0.15, 0.2) is 6.61 Å². The molecule has 1 rings (SSSR count). The van der Waals surface area contributed by atoms with Crippen LogP contribution in [0.25, 0.3) is 0 Å². The van der Waals surface area contributed by atoms with Crippen molar-refractivity contribution in [2.24, 2.45) is 5.92 Å². The second-order valence-corrected chi connectivity index (χ2v) is 5.26. The van der Waals surface area contributed by atoms with Crippen LogP contribution in [0, 0.1) is 5.92 Å². The van der Waals surface area contributed by atoms with Crippen molar-refractivity contribution in [2.45, 2.75) is 26.3 Å². The van der Waals surface area contributed by atoms with E-state index in [-0.39, 0.29) is 11.5 Å². The van der Waals surface area contributed by atoms with Crippen molar-refractivity contribution in [2.75, 3.05) is 20.8 Å². The van der Waals surface area contributed by atoms with Crippen LogP contribution >= 0.6 is 0 Å². The summed E-state index contributed by atoms with van der Waals surface area (Å²) >= 11 is 0. The van der Waals surface area contributed by atoms with E-state index in [4.69, 9.17) is 9.47 Å². The van der Waals surface area contributed by atoms with Crippen LogP contribution in [-0.2, 0) is 19.1 Å². The van der Waals surface area contributed by atoms with E-state index in [1.165, 1.54) is 20.3 Å². The molecule has 0 saturated heterocycles. The number of benzene rings is 1. The maximum absolute atomic E-state index is 11.9. The Bertz CT molecular complexity index is 586. The molecule has 0 aliphatic heterocycles. The first-order chi connectivity index (χ1) is 11.4. The molecular formula is C17H23NO6. The van der Waals surface area contributed by atoms with Gasteiger partial charge < -0.3 is 19.5 Å². The summed E-state index contributed by atoms with van der Waals surface area (Å²) in [5.74, 6) is -1.34. The highest BCUT2D eigenvalue weighted by Gasteiger charge is 2.27. The minimum atomic E-state index is -0.775. The van der Waals surface area contributed by atoms with Gasteiger partial charge in [-0.15, -0.1) is 0 Å². The molecule has 0 fully saturated rings. The molecule has 7 nitrogen and oxygen atoms in total. The number of carbonyl (C=O) groups is 3. The van der Waals surface area contributed by atoms with Crippen LogP contribution in [0.15, 0.2) is 24.3 Å². The Morgan fingerprint density at radius 1 is 1.21 bits per heavy atom. The molecule has 132 valence electrons. The van der Waals surface area contributed by atoms with Gasteiger partial charge in [-0.2, -0.15) is 0 Å². The molecule has 1 amide bonds. The molecule has 0 aromatic heterocycles. The second kappa shape index (κ2) is 9.54. The second-order valence-electron chi connectivity index (χ2n) is 5.26. The first kappa shape index (κ1) is 19.5. The minimum Gasteiger partial charge on any atom is -0.497 e. The number of hydrogen-bond acceptors (Lipinski definition) is 6. The fourth-order valence-electron chi connectivity index (χ4n) is 1.98. The molecule has 2 atom stereocenters. The molecule has 0 aliphatic rings. The van der Waals surface area contributed by atoms with E-state index in [0.29, 0.717) is 12.2 Å². The van der Waals surface area contributed by atoms with E-state index in [1.54, 1.807) is 18.2 Å². The maximum Gasteiger partial charge on any atom is 0.338 e. The van der Waals surface area contributed by atoms with E-state index in [2.05, 4.69) is 10.1 Å². The first-order valence-electron chi connectivity index (χ1n) is 7.61. The first-order valence-corrected chi connectivity index (χ1v) is 7.61. The highest BCUT2D eigenvalue weighted by molar-refractivity contribution is 5.92. The zero-order valence-electron chi connectivity index (χ0n) is 14.3. The molecule has 0 aliphatic carbocycles. The largest absolute Gasteiger partial charge is 0.497 e. The van der Waals surface area contributed by atoms with Crippen molar-refractivity contribution in [3.63, 3.8) is 0 Å². The molecule has 0 heterocycles. The highest BCUT2D eigenvalue weighted by atomic mass is 16.5. The third kappa shape index (κ3) is 5.57. The normalized spacial score (nSPS) is 12.7. The number of nitrogens with one attached hydrogen (secondary N) is 1. The highest BCUT2D eigenvalue weighted by Crippen LogP contribution is 2.13. The van der Waals surface area contributed by atoms with Gasteiger partial charge in [0, 0.05) is 0 Å². The standard InChI is InChI=1S/C17H23NO6/c1-5-11(2)15(17(21)23-4)18-14(19)10-24-16(20)12-7-6-8-13(9-12)22-3/h6-9,11,15H,5,10H2,1-4H3,(H,18,19)/t11-,15-/m0/s1. The molecule has 24 heavy (non-hydrogen) atoms. The summed E-state index contributed by atoms with van der Waals surface area (Å²) in [7, 11) is 2.74. The van der Waals surface area contributed by atoms with E-state index < -0.39 is 30.5 Å². The molecule has 7 heteroatoms. The van der Waals surface area contributed by atoms with Gasteiger partial charge in [-0.05, 0) is 24.1 Å². The Kier molecular flexibility index (Phi) is 7.74. The van der Waals surface area contributed by atoms with Crippen molar-refractivity contribution < 1.29 is 28.6 Å².